The number of rotatable bonds is 3. The van der Waals surface area contributed by atoms with E-state index in [-0.39, 0.29) is 5.54 Å². The molecule has 1 aromatic carbocycles. The van der Waals surface area contributed by atoms with Crippen LogP contribution in [0.3, 0.4) is 0 Å². The summed E-state index contributed by atoms with van der Waals surface area (Å²) >= 11 is 0. The van der Waals surface area contributed by atoms with Gasteiger partial charge in [-0.1, -0.05) is 23.8 Å². The summed E-state index contributed by atoms with van der Waals surface area (Å²) in [4.78, 5) is 9.26. The van der Waals surface area contributed by atoms with E-state index in [2.05, 4.69) is 55.3 Å². The summed E-state index contributed by atoms with van der Waals surface area (Å²) < 4.78 is 0. The molecular formula is C16H21N3. The Labute approximate surface area is 115 Å². The quantitative estimate of drug-likeness (QED) is 0.915. The first-order chi connectivity index (χ1) is 8.92. The maximum atomic E-state index is 4.71. The van der Waals surface area contributed by atoms with Crippen LogP contribution in [0.25, 0.3) is 11.3 Å². The maximum Gasteiger partial charge on any atom is 0.148 e. The topological polar surface area (TPSA) is 37.8 Å². The van der Waals surface area contributed by atoms with Gasteiger partial charge < -0.3 is 5.32 Å². The van der Waals surface area contributed by atoms with Crippen LogP contribution in [0.15, 0.2) is 30.3 Å². The van der Waals surface area contributed by atoms with Crippen LogP contribution < -0.4 is 5.32 Å². The molecule has 1 heterocycles. The zero-order valence-electron chi connectivity index (χ0n) is 12.3. The van der Waals surface area contributed by atoms with Gasteiger partial charge in [0.1, 0.15) is 5.82 Å². The Balaban J connectivity index is 2.54. The Kier molecular flexibility index (Phi) is 3.67. The minimum Gasteiger partial charge on any atom is -0.308 e. The zero-order chi connectivity index (χ0) is 14.0. The van der Waals surface area contributed by atoms with E-state index in [0.29, 0.717) is 0 Å². The Morgan fingerprint density at radius 2 is 1.79 bits per heavy atom. The van der Waals surface area contributed by atoms with Crippen molar-refractivity contribution in [2.75, 3.05) is 7.05 Å². The Bertz CT molecular complexity index is 588. The van der Waals surface area contributed by atoms with E-state index in [0.717, 1.165) is 22.8 Å². The minimum absolute atomic E-state index is 0.232. The number of nitrogens with zero attached hydrogens (tertiary/aromatic N) is 2. The second kappa shape index (κ2) is 5.10. The third kappa shape index (κ3) is 2.99. The summed E-state index contributed by atoms with van der Waals surface area (Å²) in [5, 5.41) is 3.25. The fourth-order valence-electron chi connectivity index (χ4n) is 1.91. The summed E-state index contributed by atoms with van der Waals surface area (Å²) in [6, 6.07) is 10.4. The molecule has 0 atom stereocenters. The lowest BCUT2D eigenvalue weighted by Gasteiger charge is -2.23. The number of nitrogens with one attached hydrogen (secondary N) is 1. The monoisotopic (exact) mass is 255 g/mol. The second-order valence-electron chi connectivity index (χ2n) is 5.46. The predicted octanol–water partition coefficient (Wildman–Crippen LogP) is 3.21. The molecule has 0 radical (unpaired) electrons. The summed E-state index contributed by atoms with van der Waals surface area (Å²) in [6.45, 7) is 8.27. The molecule has 0 bridgehead atoms. The SMILES string of the molecule is CNC(C)(C)c1nc(C)cc(-c2cccc(C)c2)n1. The van der Waals surface area contributed by atoms with Crippen LogP contribution in [0.1, 0.15) is 30.9 Å². The Morgan fingerprint density at radius 1 is 1.05 bits per heavy atom. The van der Waals surface area contributed by atoms with Gasteiger partial charge in [0.05, 0.1) is 11.2 Å². The van der Waals surface area contributed by atoms with E-state index in [1.165, 1.54) is 5.56 Å². The normalized spacial score (nSPS) is 11.6. The molecule has 3 nitrogen and oxygen atoms in total. The molecule has 3 heteroatoms. The van der Waals surface area contributed by atoms with Crippen molar-refractivity contribution in [3.05, 3.63) is 47.4 Å². The van der Waals surface area contributed by atoms with E-state index in [1.54, 1.807) is 0 Å². The van der Waals surface area contributed by atoms with Crippen molar-refractivity contribution in [1.82, 2.24) is 15.3 Å². The van der Waals surface area contributed by atoms with E-state index >= 15 is 0 Å². The van der Waals surface area contributed by atoms with Crippen molar-refractivity contribution in [3.8, 4) is 11.3 Å². The molecule has 2 rings (SSSR count). The van der Waals surface area contributed by atoms with Crippen molar-refractivity contribution >= 4 is 0 Å². The highest BCUT2D eigenvalue weighted by molar-refractivity contribution is 5.60. The maximum absolute atomic E-state index is 4.71. The van der Waals surface area contributed by atoms with Gasteiger partial charge in [-0.3, -0.25) is 0 Å². The molecule has 2 aromatic rings. The molecule has 0 aliphatic rings. The van der Waals surface area contributed by atoms with Crippen LogP contribution in [0.4, 0.5) is 0 Å². The molecule has 0 amide bonds. The first kappa shape index (κ1) is 13.7. The molecule has 100 valence electrons. The molecule has 1 N–H and O–H groups in total. The van der Waals surface area contributed by atoms with Gasteiger partial charge in [0.15, 0.2) is 0 Å². The summed E-state index contributed by atoms with van der Waals surface area (Å²) in [7, 11) is 1.93. The van der Waals surface area contributed by atoms with Crippen LogP contribution in [-0.4, -0.2) is 17.0 Å². The summed E-state index contributed by atoms with van der Waals surface area (Å²) in [5.41, 5.74) is 4.12. The molecule has 0 aliphatic carbocycles. The van der Waals surface area contributed by atoms with Gasteiger partial charge in [0.2, 0.25) is 0 Å². The lowest BCUT2D eigenvalue weighted by atomic mass is 10.0. The van der Waals surface area contributed by atoms with E-state index < -0.39 is 0 Å². The fourth-order valence-corrected chi connectivity index (χ4v) is 1.91. The van der Waals surface area contributed by atoms with Crippen LogP contribution in [0, 0.1) is 13.8 Å². The van der Waals surface area contributed by atoms with Crippen LogP contribution in [0.2, 0.25) is 0 Å². The van der Waals surface area contributed by atoms with E-state index in [9.17, 15) is 0 Å². The summed E-state index contributed by atoms with van der Waals surface area (Å²) in [6.07, 6.45) is 0. The standard InChI is InChI=1S/C16H21N3/c1-11-7-6-8-13(9-11)14-10-12(2)18-15(19-14)16(3,4)17-5/h6-10,17H,1-5H3. The van der Waals surface area contributed by atoms with Crippen molar-refractivity contribution in [2.45, 2.75) is 33.2 Å². The first-order valence-corrected chi connectivity index (χ1v) is 6.54. The lowest BCUT2D eigenvalue weighted by molar-refractivity contribution is 0.416. The zero-order valence-corrected chi connectivity index (χ0v) is 12.3. The smallest absolute Gasteiger partial charge is 0.148 e. The van der Waals surface area contributed by atoms with Crippen molar-refractivity contribution in [2.24, 2.45) is 0 Å². The highest BCUT2D eigenvalue weighted by atomic mass is 15.0. The average molecular weight is 255 g/mol. The molecule has 0 unspecified atom stereocenters. The van der Waals surface area contributed by atoms with Gasteiger partial charge >= 0.3 is 0 Å². The van der Waals surface area contributed by atoms with Crippen LogP contribution in [-0.2, 0) is 5.54 Å². The van der Waals surface area contributed by atoms with Gasteiger partial charge in [-0.15, -0.1) is 0 Å². The van der Waals surface area contributed by atoms with Gasteiger partial charge in [-0.2, -0.15) is 0 Å². The molecule has 0 saturated heterocycles. The summed E-state index contributed by atoms with van der Waals surface area (Å²) in [5.74, 6) is 0.825. The Hall–Kier alpha value is -1.74. The molecule has 1 aromatic heterocycles. The van der Waals surface area contributed by atoms with Crippen molar-refractivity contribution < 1.29 is 0 Å². The van der Waals surface area contributed by atoms with Crippen LogP contribution >= 0.6 is 0 Å². The molecular weight excluding hydrogens is 234 g/mol. The van der Waals surface area contributed by atoms with E-state index in [4.69, 9.17) is 4.98 Å². The average Bonchev–Trinajstić information content (AvgIpc) is 2.38. The Morgan fingerprint density at radius 3 is 2.42 bits per heavy atom. The van der Waals surface area contributed by atoms with E-state index in [1.807, 2.05) is 20.0 Å². The largest absolute Gasteiger partial charge is 0.308 e. The lowest BCUT2D eigenvalue weighted by Crippen LogP contribution is -2.35. The number of aryl methyl sites for hydroxylation is 2. The number of benzene rings is 1. The molecule has 0 fully saturated rings. The third-order valence-electron chi connectivity index (χ3n) is 3.35. The van der Waals surface area contributed by atoms with Gasteiger partial charge in [-0.05, 0) is 46.9 Å². The van der Waals surface area contributed by atoms with Crippen molar-refractivity contribution in [1.29, 1.82) is 0 Å². The fraction of sp³-hybridized carbons (Fsp3) is 0.375. The number of hydrogen-bond donors (Lipinski definition) is 1. The van der Waals surface area contributed by atoms with Gasteiger partial charge in [-0.25, -0.2) is 9.97 Å². The minimum atomic E-state index is -0.232. The second-order valence-corrected chi connectivity index (χ2v) is 5.46. The number of aromatic nitrogens is 2. The first-order valence-electron chi connectivity index (χ1n) is 6.54. The van der Waals surface area contributed by atoms with Gasteiger partial charge in [0, 0.05) is 11.3 Å². The van der Waals surface area contributed by atoms with Crippen LogP contribution in [0.5, 0.6) is 0 Å². The van der Waals surface area contributed by atoms with Crippen molar-refractivity contribution in [3.63, 3.8) is 0 Å². The molecule has 0 spiro atoms. The molecule has 19 heavy (non-hydrogen) atoms. The molecule has 0 aliphatic heterocycles. The third-order valence-corrected chi connectivity index (χ3v) is 3.35. The predicted molar refractivity (Wildman–Crippen MR) is 79.0 cm³/mol. The highest BCUT2D eigenvalue weighted by Gasteiger charge is 2.22. The number of hydrogen-bond acceptors (Lipinski definition) is 3. The molecule has 0 saturated carbocycles. The highest BCUT2D eigenvalue weighted by Crippen LogP contribution is 2.22. The van der Waals surface area contributed by atoms with Gasteiger partial charge in [0.25, 0.3) is 0 Å².